The summed E-state index contributed by atoms with van der Waals surface area (Å²) in [6.45, 7) is 3.25. The van der Waals surface area contributed by atoms with Crippen molar-refractivity contribution >= 4 is 27.3 Å². The molecule has 0 saturated carbocycles. The number of nitrogens with one attached hydrogen (secondary N) is 1. The molecule has 2 aliphatic heterocycles. The molecule has 2 saturated heterocycles. The fourth-order valence-corrected chi connectivity index (χ4v) is 4.24. The van der Waals surface area contributed by atoms with Crippen LogP contribution in [-0.2, 0) is 0 Å². The predicted octanol–water partition coefficient (Wildman–Crippen LogP) is 2.26. The van der Waals surface area contributed by atoms with Crippen LogP contribution in [0.3, 0.4) is 0 Å². The van der Waals surface area contributed by atoms with Gasteiger partial charge in [-0.1, -0.05) is 0 Å². The standard InChI is InChI=1S/C15H16FN3OS/c16-14-4-10-6-17-12(5-13(10)21-14)15(20)18-11-3-9-1-2-19(7-9)8-11/h4-6,9,11H,1-3,7-8H2,(H,18,20)/t9-,11-/m1/s1. The van der Waals surface area contributed by atoms with Gasteiger partial charge in [0.15, 0.2) is 5.13 Å². The maximum atomic E-state index is 13.2. The third kappa shape index (κ3) is 2.53. The quantitative estimate of drug-likeness (QED) is 0.925. The Kier molecular flexibility index (Phi) is 3.15. The van der Waals surface area contributed by atoms with Gasteiger partial charge in [-0.25, -0.2) is 0 Å². The lowest BCUT2D eigenvalue weighted by molar-refractivity contribution is 0.0904. The Morgan fingerprint density at radius 1 is 1.43 bits per heavy atom. The van der Waals surface area contributed by atoms with Crippen molar-refractivity contribution in [2.75, 3.05) is 19.6 Å². The smallest absolute Gasteiger partial charge is 0.270 e. The number of nitrogens with zero attached hydrogens (tertiary/aromatic N) is 2. The number of amides is 1. The highest BCUT2D eigenvalue weighted by Crippen LogP contribution is 2.27. The highest BCUT2D eigenvalue weighted by Gasteiger charge is 2.33. The van der Waals surface area contributed by atoms with Gasteiger partial charge < -0.3 is 10.2 Å². The third-order valence-corrected chi connectivity index (χ3v) is 5.29. The molecular weight excluding hydrogens is 289 g/mol. The number of halogens is 1. The molecule has 1 unspecified atom stereocenters. The van der Waals surface area contributed by atoms with E-state index >= 15 is 0 Å². The molecule has 2 aromatic rings. The van der Waals surface area contributed by atoms with Crippen LogP contribution in [0.15, 0.2) is 18.3 Å². The van der Waals surface area contributed by atoms with Gasteiger partial charge in [-0.15, -0.1) is 11.3 Å². The average molecular weight is 305 g/mol. The van der Waals surface area contributed by atoms with Crippen molar-refractivity contribution in [3.8, 4) is 0 Å². The molecule has 4 rings (SSSR count). The minimum Gasteiger partial charge on any atom is -0.347 e. The lowest BCUT2D eigenvalue weighted by Gasteiger charge is -2.30. The largest absolute Gasteiger partial charge is 0.347 e. The molecule has 3 atom stereocenters. The van der Waals surface area contributed by atoms with Crippen LogP contribution in [0.25, 0.3) is 10.1 Å². The molecule has 1 amide bonds. The van der Waals surface area contributed by atoms with Gasteiger partial charge in [-0.3, -0.25) is 9.78 Å². The van der Waals surface area contributed by atoms with E-state index in [2.05, 4.69) is 15.2 Å². The lowest BCUT2D eigenvalue weighted by Crippen LogP contribution is -2.47. The van der Waals surface area contributed by atoms with Crippen LogP contribution in [0.5, 0.6) is 0 Å². The summed E-state index contributed by atoms with van der Waals surface area (Å²) in [4.78, 5) is 18.9. The Bertz CT molecular complexity index is 689. The van der Waals surface area contributed by atoms with Crippen LogP contribution in [0.2, 0.25) is 0 Å². The van der Waals surface area contributed by atoms with Crippen LogP contribution in [-0.4, -0.2) is 41.5 Å². The Morgan fingerprint density at radius 3 is 3.19 bits per heavy atom. The van der Waals surface area contributed by atoms with Gasteiger partial charge in [0.1, 0.15) is 5.69 Å². The summed E-state index contributed by atoms with van der Waals surface area (Å²) in [7, 11) is 0. The highest BCUT2D eigenvalue weighted by atomic mass is 32.1. The first-order valence-corrected chi connectivity index (χ1v) is 8.07. The van der Waals surface area contributed by atoms with E-state index in [1.165, 1.54) is 19.0 Å². The van der Waals surface area contributed by atoms with E-state index in [0.717, 1.165) is 40.9 Å². The summed E-state index contributed by atoms with van der Waals surface area (Å²) in [6, 6.07) is 3.33. The number of aromatic nitrogens is 1. The van der Waals surface area contributed by atoms with Crippen molar-refractivity contribution in [2.45, 2.75) is 18.9 Å². The number of fused-ring (bicyclic) bond motifs is 3. The molecule has 2 fully saturated rings. The second-order valence-corrected chi connectivity index (χ2v) is 7.01. The molecule has 0 radical (unpaired) electrons. The number of pyridine rings is 1. The number of carbonyl (C=O) groups is 1. The predicted molar refractivity (Wildman–Crippen MR) is 80.0 cm³/mol. The molecule has 2 bridgehead atoms. The zero-order chi connectivity index (χ0) is 14.4. The average Bonchev–Trinajstić information content (AvgIpc) is 2.99. The van der Waals surface area contributed by atoms with Crippen LogP contribution >= 0.6 is 11.3 Å². The van der Waals surface area contributed by atoms with Crippen molar-refractivity contribution in [1.82, 2.24) is 15.2 Å². The van der Waals surface area contributed by atoms with Crippen molar-refractivity contribution in [2.24, 2.45) is 5.92 Å². The normalized spacial score (nSPS) is 28.0. The molecule has 0 aliphatic carbocycles. The topological polar surface area (TPSA) is 45.2 Å². The van der Waals surface area contributed by atoms with E-state index < -0.39 is 0 Å². The van der Waals surface area contributed by atoms with Gasteiger partial charge >= 0.3 is 0 Å². The third-order valence-electron chi connectivity index (χ3n) is 4.41. The van der Waals surface area contributed by atoms with Crippen molar-refractivity contribution in [1.29, 1.82) is 0 Å². The van der Waals surface area contributed by atoms with E-state index in [9.17, 15) is 9.18 Å². The van der Waals surface area contributed by atoms with Gasteiger partial charge in [0.05, 0.1) is 0 Å². The SMILES string of the molecule is O=C(N[C@@H]1C[C@H]2CCN(C2)C1)c1cc2sc(F)cc2cn1. The maximum Gasteiger partial charge on any atom is 0.270 e. The summed E-state index contributed by atoms with van der Waals surface area (Å²) in [5.41, 5.74) is 0.372. The van der Waals surface area contributed by atoms with Crippen molar-refractivity contribution in [3.63, 3.8) is 0 Å². The minimum atomic E-state index is -0.249. The molecule has 110 valence electrons. The van der Waals surface area contributed by atoms with Crippen LogP contribution in [0, 0.1) is 11.0 Å². The lowest BCUT2D eigenvalue weighted by atomic mass is 9.97. The zero-order valence-corrected chi connectivity index (χ0v) is 12.3. The Labute approximate surface area is 126 Å². The van der Waals surface area contributed by atoms with Crippen LogP contribution < -0.4 is 5.32 Å². The number of hydrogen-bond donors (Lipinski definition) is 1. The molecule has 4 heterocycles. The van der Waals surface area contributed by atoms with Gasteiger partial charge in [0.25, 0.3) is 5.91 Å². The van der Waals surface area contributed by atoms with E-state index in [-0.39, 0.29) is 17.1 Å². The van der Waals surface area contributed by atoms with Gasteiger partial charge in [-0.05, 0) is 37.4 Å². The summed E-state index contributed by atoms with van der Waals surface area (Å²) >= 11 is 1.05. The fourth-order valence-electron chi connectivity index (χ4n) is 3.45. The van der Waals surface area contributed by atoms with Crippen LogP contribution in [0.1, 0.15) is 23.3 Å². The zero-order valence-electron chi connectivity index (χ0n) is 11.5. The van der Waals surface area contributed by atoms with Gasteiger partial charge in [-0.2, -0.15) is 4.39 Å². The Balaban J connectivity index is 1.50. The van der Waals surface area contributed by atoms with Crippen molar-refractivity contribution < 1.29 is 9.18 Å². The monoisotopic (exact) mass is 305 g/mol. The minimum absolute atomic E-state index is 0.154. The first-order valence-electron chi connectivity index (χ1n) is 7.26. The molecule has 1 N–H and O–H groups in total. The van der Waals surface area contributed by atoms with E-state index in [1.807, 2.05) is 0 Å². The number of piperidine rings is 1. The first-order chi connectivity index (χ1) is 10.2. The van der Waals surface area contributed by atoms with E-state index in [0.29, 0.717) is 11.6 Å². The van der Waals surface area contributed by atoms with Gasteiger partial charge in [0, 0.05) is 35.4 Å². The van der Waals surface area contributed by atoms with Crippen LogP contribution in [0.4, 0.5) is 4.39 Å². The number of hydrogen-bond acceptors (Lipinski definition) is 4. The second-order valence-electron chi connectivity index (χ2n) is 5.98. The Morgan fingerprint density at radius 2 is 2.33 bits per heavy atom. The van der Waals surface area contributed by atoms with E-state index in [4.69, 9.17) is 0 Å². The number of thiophene rings is 1. The maximum absolute atomic E-state index is 13.2. The molecule has 4 nitrogen and oxygen atoms in total. The molecule has 0 spiro atoms. The second kappa shape index (κ2) is 5.03. The van der Waals surface area contributed by atoms with E-state index in [1.54, 1.807) is 12.3 Å². The molecular formula is C15H16FN3OS. The number of carbonyl (C=O) groups excluding carboxylic acids is 1. The molecule has 0 aromatic carbocycles. The molecule has 21 heavy (non-hydrogen) atoms. The summed E-state index contributed by atoms with van der Waals surface area (Å²) in [6.07, 6.45) is 3.86. The molecule has 2 aliphatic rings. The summed E-state index contributed by atoms with van der Waals surface area (Å²) < 4.78 is 14.0. The summed E-state index contributed by atoms with van der Waals surface area (Å²) in [5, 5.41) is 3.57. The van der Waals surface area contributed by atoms with Crippen molar-refractivity contribution in [3.05, 3.63) is 29.2 Å². The molecule has 6 heteroatoms. The molecule has 2 aromatic heterocycles. The number of rotatable bonds is 2. The van der Waals surface area contributed by atoms with Gasteiger partial charge in [0.2, 0.25) is 0 Å². The Hall–Kier alpha value is -1.53. The highest BCUT2D eigenvalue weighted by molar-refractivity contribution is 7.17. The first kappa shape index (κ1) is 13.2. The fraction of sp³-hybridized carbons (Fsp3) is 0.467. The summed E-state index contributed by atoms with van der Waals surface area (Å²) in [5.74, 6) is 0.559.